The number of furan rings is 1. The Morgan fingerprint density at radius 1 is 0.917 bits per heavy atom. The van der Waals surface area contributed by atoms with Gasteiger partial charge in [-0.2, -0.15) is 0 Å². The van der Waals surface area contributed by atoms with Gasteiger partial charge in [-0.05, 0) is 67.1 Å². The predicted molar refractivity (Wildman–Crippen MR) is 144 cm³/mol. The van der Waals surface area contributed by atoms with Gasteiger partial charge >= 0.3 is 5.97 Å². The van der Waals surface area contributed by atoms with Gasteiger partial charge in [0.05, 0.1) is 21.8 Å². The summed E-state index contributed by atoms with van der Waals surface area (Å²) in [6.45, 7) is 3.99. The number of aromatic carboxylic acids is 1. The Labute approximate surface area is 212 Å². The van der Waals surface area contributed by atoms with E-state index in [-0.39, 0.29) is 11.5 Å². The number of hydrogen-bond acceptors (Lipinski definition) is 5. The second-order valence-electron chi connectivity index (χ2n) is 8.27. The van der Waals surface area contributed by atoms with Crippen molar-refractivity contribution in [1.82, 2.24) is 0 Å². The molecule has 2 heterocycles. The van der Waals surface area contributed by atoms with Crippen LogP contribution in [-0.2, 0) is 4.79 Å². The van der Waals surface area contributed by atoms with Crippen LogP contribution in [0.5, 0.6) is 0 Å². The molecule has 0 atom stereocenters. The van der Waals surface area contributed by atoms with Crippen LogP contribution in [0.25, 0.3) is 17.4 Å². The lowest BCUT2D eigenvalue weighted by Gasteiger charge is -2.16. The van der Waals surface area contributed by atoms with Gasteiger partial charge in [0.25, 0.3) is 5.91 Å². The van der Waals surface area contributed by atoms with Crippen LogP contribution in [0.15, 0.2) is 99.2 Å². The average molecular weight is 495 g/mol. The molecule has 0 aliphatic carbocycles. The lowest BCUT2D eigenvalue weighted by atomic mass is 10.1. The number of carboxylic acids is 1. The number of amides is 1. The van der Waals surface area contributed by atoms with Crippen LogP contribution < -0.4 is 4.90 Å². The Bertz CT molecular complexity index is 1520. The van der Waals surface area contributed by atoms with Crippen molar-refractivity contribution in [3.63, 3.8) is 0 Å². The van der Waals surface area contributed by atoms with Crippen LogP contribution in [-0.4, -0.2) is 22.2 Å². The fraction of sp³-hybridized carbons (Fsp3) is 0.0690. The zero-order chi connectivity index (χ0) is 25.2. The highest BCUT2D eigenvalue weighted by atomic mass is 32.2. The lowest BCUT2D eigenvalue weighted by Crippen LogP contribution is -2.28. The highest BCUT2D eigenvalue weighted by molar-refractivity contribution is 8.19. The summed E-state index contributed by atoms with van der Waals surface area (Å²) in [4.78, 5) is 32.1. The Kier molecular flexibility index (Phi) is 6.31. The summed E-state index contributed by atoms with van der Waals surface area (Å²) in [6, 6.07) is 25.5. The summed E-state index contributed by atoms with van der Waals surface area (Å²) in [6.07, 6.45) is 1.67. The van der Waals surface area contributed by atoms with E-state index in [0.29, 0.717) is 27.2 Å². The number of carbonyl (C=O) groups excluding carboxylic acids is 1. The number of anilines is 1. The fourth-order valence-electron chi connectivity index (χ4n) is 4.02. The molecule has 1 fully saturated rings. The monoisotopic (exact) mass is 494 g/mol. The molecule has 0 spiro atoms. The summed E-state index contributed by atoms with van der Waals surface area (Å²) in [5, 5.41) is 10.1. The first-order chi connectivity index (χ1) is 17.4. The second-order valence-corrected chi connectivity index (χ2v) is 9.28. The number of carboxylic acid groups (broad SMARTS) is 1. The van der Waals surface area contributed by atoms with Crippen molar-refractivity contribution in [1.29, 1.82) is 0 Å². The normalized spacial score (nSPS) is 15.7. The molecule has 5 rings (SSSR count). The van der Waals surface area contributed by atoms with Gasteiger partial charge in [0.2, 0.25) is 0 Å². The SMILES string of the molecule is Cc1cccc(C)c1N=C1S/C(=C\c2ccc(-c3ccccc3C(=O)O)o2)C(=O)N1c1ccccc1. The third-order valence-electron chi connectivity index (χ3n) is 5.79. The first-order valence-corrected chi connectivity index (χ1v) is 12.1. The van der Waals surface area contributed by atoms with Gasteiger partial charge in [0.15, 0.2) is 5.17 Å². The minimum Gasteiger partial charge on any atom is -0.478 e. The molecule has 0 saturated carbocycles. The van der Waals surface area contributed by atoms with E-state index in [9.17, 15) is 14.7 Å². The van der Waals surface area contributed by atoms with Crippen LogP contribution >= 0.6 is 11.8 Å². The van der Waals surface area contributed by atoms with E-state index >= 15 is 0 Å². The van der Waals surface area contributed by atoms with Gasteiger partial charge in [-0.15, -0.1) is 0 Å². The predicted octanol–water partition coefficient (Wildman–Crippen LogP) is 7.07. The van der Waals surface area contributed by atoms with Crippen LogP contribution in [0.1, 0.15) is 27.2 Å². The molecule has 3 aromatic carbocycles. The molecule has 4 aromatic rings. The van der Waals surface area contributed by atoms with E-state index < -0.39 is 5.97 Å². The number of amidine groups is 1. The molecule has 1 N–H and O–H groups in total. The van der Waals surface area contributed by atoms with E-state index in [1.807, 2.05) is 62.4 Å². The molecular formula is C29H22N2O4S. The van der Waals surface area contributed by atoms with Crippen LogP contribution in [0.4, 0.5) is 11.4 Å². The maximum absolute atomic E-state index is 13.5. The zero-order valence-corrected chi connectivity index (χ0v) is 20.5. The number of nitrogens with zero attached hydrogens (tertiary/aromatic N) is 2. The van der Waals surface area contributed by atoms with E-state index in [4.69, 9.17) is 9.41 Å². The molecule has 0 bridgehead atoms. The minimum absolute atomic E-state index is 0.149. The van der Waals surface area contributed by atoms with Crippen molar-refractivity contribution < 1.29 is 19.1 Å². The van der Waals surface area contributed by atoms with Crippen molar-refractivity contribution in [2.45, 2.75) is 13.8 Å². The number of benzene rings is 3. The number of carbonyl (C=O) groups is 2. The molecule has 178 valence electrons. The van der Waals surface area contributed by atoms with Crippen molar-refractivity contribution in [3.8, 4) is 11.3 Å². The van der Waals surface area contributed by atoms with Crippen LogP contribution in [0.3, 0.4) is 0 Å². The number of para-hydroxylation sites is 2. The standard InChI is InChI=1S/C29H22N2O4S/c1-18-9-8-10-19(2)26(18)30-29-31(20-11-4-3-5-12-20)27(32)25(36-29)17-21-15-16-24(35-21)22-13-6-7-14-23(22)28(33)34/h3-17H,1-2H3,(H,33,34)/b25-17-,30-29?. The van der Waals surface area contributed by atoms with Gasteiger partial charge in [0.1, 0.15) is 11.5 Å². The Balaban J connectivity index is 1.55. The topological polar surface area (TPSA) is 83.1 Å². The molecule has 1 aliphatic rings. The highest BCUT2D eigenvalue weighted by Crippen LogP contribution is 2.39. The molecule has 1 saturated heterocycles. The lowest BCUT2D eigenvalue weighted by molar-refractivity contribution is -0.113. The third kappa shape index (κ3) is 4.48. The van der Waals surface area contributed by atoms with Gasteiger partial charge in [-0.25, -0.2) is 9.79 Å². The molecule has 1 aromatic heterocycles. The molecule has 0 unspecified atom stereocenters. The summed E-state index contributed by atoms with van der Waals surface area (Å²) in [5.41, 5.74) is 4.22. The largest absolute Gasteiger partial charge is 0.478 e. The van der Waals surface area contributed by atoms with Crippen molar-refractivity contribution >= 4 is 46.3 Å². The molecular weight excluding hydrogens is 472 g/mol. The second kappa shape index (κ2) is 9.71. The van der Waals surface area contributed by atoms with Crippen molar-refractivity contribution in [3.05, 3.63) is 112 Å². The molecule has 6 nitrogen and oxygen atoms in total. The van der Waals surface area contributed by atoms with Crippen LogP contribution in [0, 0.1) is 13.8 Å². The molecule has 1 amide bonds. The van der Waals surface area contributed by atoms with Crippen LogP contribution in [0.2, 0.25) is 0 Å². The Morgan fingerprint density at radius 2 is 1.61 bits per heavy atom. The molecule has 1 aliphatic heterocycles. The van der Waals surface area contributed by atoms with Crippen molar-refractivity contribution in [2.24, 2.45) is 4.99 Å². The highest BCUT2D eigenvalue weighted by Gasteiger charge is 2.35. The summed E-state index contributed by atoms with van der Waals surface area (Å²) < 4.78 is 5.94. The molecule has 36 heavy (non-hydrogen) atoms. The Hall–Kier alpha value is -4.36. The molecule has 0 radical (unpaired) electrons. The van der Waals surface area contributed by atoms with Gasteiger partial charge in [-0.1, -0.05) is 54.6 Å². The van der Waals surface area contributed by atoms with Crippen molar-refractivity contribution in [2.75, 3.05) is 4.90 Å². The summed E-state index contributed by atoms with van der Waals surface area (Å²) in [5.74, 6) is -0.378. The fourth-order valence-corrected chi connectivity index (χ4v) is 4.99. The Morgan fingerprint density at radius 3 is 2.33 bits per heavy atom. The van der Waals surface area contributed by atoms with E-state index in [1.54, 1.807) is 41.3 Å². The number of aliphatic imine (C=N–C) groups is 1. The van der Waals surface area contributed by atoms with E-state index in [1.165, 1.54) is 17.8 Å². The first-order valence-electron chi connectivity index (χ1n) is 11.3. The van der Waals surface area contributed by atoms with Gasteiger partial charge in [0, 0.05) is 11.6 Å². The third-order valence-corrected chi connectivity index (χ3v) is 6.76. The molecule has 7 heteroatoms. The minimum atomic E-state index is -1.03. The maximum Gasteiger partial charge on any atom is 0.336 e. The number of hydrogen-bond donors (Lipinski definition) is 1. The van der Waals surface area contributed by atoms with Gasteiger partial charge in [-0.3, -0.25) is 9.69 Å². The zero-order valence-electron chi connectivity index (χ0n) is 19.6. The van der Waals surface area contributed by atoms with E-state index in [2.05, 4.69) is 0 Å². The first kappa shape index (κ1) is 23.4. The smallest absolute Gasteiger partial charge is 0.336 e. The summed E-state index contributed by atoms with van der Waals surface area (Å²) in [7, 11) is 0. The maximum atomic E-state index is 13.5. The quantitative estimate of drug-likeness (QED) is 0.300. The summed E-state index contributed by atoms with van der Waals surface area (Å²) >= 11 is 1.28. The average Bonchev–Trinajstić information content (AvgIpc) is 3.46. The van der Waals surface area contributed by atoms with Gasteiger partial charge < -0.3 is 9.52 Å². The van der Waals surface area contributed by atoms with E-state index in [0.717, 1.165) is 22.5 Å². The number of rotatable bonds is 5. The number of aryl methyl sites for hydroxylation is 2. The number of thioether (sulfide) groups is 1.